The lowest BCUT2D eigenvalue weighted by atomic mass is 10.1. The monoisotopic (exact) mass is 337 g/mol. The van der Waals surface area contributed by atoms with E-state index >= 15 is 0 Å². The number of carbonyl (C=O) groups is 1. The Hall–Kier alpha value is -1.71. The van der Waals surface area contributed by atoms with Crippen LogP contribution in [-0.4, -0.2) is 12.5 Å². The van der Waals surface area contributed by atoms with Gasteiger partial charge in [-0.2, -0.15) is 0 Å². The second-order valence-corrected chi connectivity index (χ2v) is 5.62. The highest BCUT2D eigenvalue weighted by molar-refractivity contribution is 6.34. The molecule has 0 atom stereocenters. The molecule has 0 spiro atoms. The van der Waals surface area contributed by atoms with E-state index in [-0.39, 0.29) is 5.91 Å². The number of rotatable bonds is 6. The Morgan fingerprint density at radius 3 is 2.68 bits per heavy atom. The Kier molecular flexibility index (Phi) is 6.10. The molecule has 2 rings (SSSR count). The molecule has 116 valence electrons. The summed E-state index contributed by atoms with van der Waals surface area (Å²) >= 11 is 12.1. The Bertz CT molecular complexity index is 659. The fourth-order valence-corrected chi connectivity index (χ4v) is 2.24. The van der Waals surface area contributed by atoms with Crippen LogP contribution in [0, 0.1) is 0 Å². The average Bonchev–Trinajstić information content (AvgIpc) is 2.51. The van der Waals surface area contributed by atoms with E-state index in [1.54, 1.807) is 42.5 Å². The third-order valence-electron chi connectivity index (χ3n) is 3.06. The van der Waals surface area contributed by atoms with E-state index in [1.165, 1.54) is 0 Å². The van der Waals surface area contributed by atoms with Gasteiger partial charge in [-0.25, -0.2) is 0 Å². The minimum atomic E-state index is -0.304. The van der Waals surface area contributed by atoms with Crippen LogP contribution in [0.1, 0.15) is 30.1 Å². The number of carbonyl (C=O) groups excluding carboxylic acids is 1. The summed E-state index contributed by atoms with van der Waals surface area (Å²) in [5.74, 6) is 0.213. The summed E-state index contributed by atoms with van der Waals surface area (Å²) < 4.78 is 5.67. The maximum absolute atomic E-state index is 12.5. The van der Waals surface area contributed by atoms with Crippen LogP contribution in [-0.2, 0) is 0 Å². The SMILES string of the molecule is CCCCOc1ccc(Cl)cc1C(=O)Nc1ccccc1Cl. The molecule has 1 N–H and O–H groups in total. The molecule has 0 aliphatic heterocycles. The summed E-state index contributed by atoms with van der Waals surface area (Å²) in [7, 11) is 0. The van der Waals surface area contributed by atoms with E-state index in [1.807, 2.05) is 0 Å². The van der Waals surface area contributed by atoms with Crippen molar-refractivity contribution in [2.75, 3.05) is 11.9 Å². The van der Waals surface area contributed by atoms with Crippen molar-refractivity contribution < 1.29 is 9.53 Å². The van der Waals surface area contributed by atoms with E-state index in [0.29, 0.717) is 33.7 Å². The minimum Gasteiger partial charge on any atom is -0.493 e. The molecule has 5 heteroatoms. The predicted molar refractivity (Wildman–Crippen MR) is 91.3 cm³/mol. The number of halogens is 2. The molecule has 0 fully saturated rings. The maximum Gasteiger partial charge on any atom is 0.259 e. The second kappa shape index (κ2) is 8.06. The molecule has 0 heterocycles. The fourth-order valence-electron chi connectivity index (χ4n) is 1.88. The van der Waals surface area contributed by atoms with Gasteiger partial charge in [-0.15, -0.1) is 0 Å². The number of hydrogen-bond donors (Lipinski definition) is 1. The first-order chi connectivity index (χ1) is 10.6. The van der Waals surface area contributed by atoms with E-state index in [4.69, 9.17) is 27.9 Å². The Labute approximate surface area is 140 Å². The zero-order valence-corrected chi connectivity index (χ0v) is 13.7. The highest BCUT2D eigenvalue weighted by Gasteiger charge is 2.14. The predicted octanol–water partition coefficient (Wildman–Crippen LogP) is 5.42. The molecule has 3 nitrogen and oxygen atoms in total. The van der Waals surface area contributed by atoms with Crippen molar-refractivity contribution in [3.05, 3.63) is 58.1 Å². The quantitative estimate of drug-likeness (QED) is 0.714. The summed E-state index contributed by atoms with van der Waals surface area (Å²) in [4.78, 5) is 12.5. The van der Waals surface area contributed by atoms with Gasteiger partial charge in [0.05, 0.1) is 22.9 Å². The molecule has 0 bridgehead atoms. The Balaban J connectivity index is 2.20. The van der Waals surface area contributed by atoms with Crippen LogP contribution < -0.4 is 10.1 Å². The van der Waals surface area contributed by atoms with E-state index < -0.39 is 0 Å². The highest BCUT2D eigenvalue weighted by Crippen LogP contribution is 2.26. The molecular weight excluding hydrogens is 321 g/mol. The topological polar surface area (TPSA) is 38.3 Å². The molecule has 0 aliphatic carbocycles. The van der Waals surface area contributed by atoms with Gasteiger partial charge in [0.1, 0.15) is 5.75 Å². The number of benzene rings is 2. The number of unbranched alkanes of at least 4 members (excludes halogenated alkanes) is 1. The largest absolute Gasteiger partial charge is 0.493 e. The maximum atomic E-state index is 12.5. The molecule has 1 amide bonds. The van der Waals surface area contributed by atoms with Gasteiger partial charge in [-0.05, 0) is 36.8 Å². The van der Waals surface area contributed by atoms with Gasteiger partial charge in [0.25, 0.3) is 5.91 Å². The summed E-state index contributed by atoms with van der Waals surface area (Å²) in [6, 6.07) is 12.1. The molecule has 2 aromatic carbocycles. The number of hydrogen-bond acceptors (Lipinski definition) is 2. The van der Waals surface area contributed by atoms with Crippen LogP contribution in [0.15, 0.2) is 42.5 Å². The molecule has 0 unspecified atom stereocenters. The molecular formula is C17H17Cl2NO2. The van der Waals surface area contributed by atoms with Crippen molar-refractivity contribution in [3.63, 3.8) is 0 Å². The molecule has 22 heavy (non-hydrogen) atoms. The number of para-hydroxylation sites is 1. The van der Waals surface area contributed by atoms with Crippen molar-refractivity contribution in [3.8, 4) is 5.75 Å². The number of ether oxygens (including phenoxy) is 1. The van der Waals surface area contributed by atoms with E-state index in [9.17, 15) is 4.79 Å². The van der Waals surface area contributed by atoms with Crippen molar-refractivity contribution in [2.24, 2.45) is 0 Å². The number of nitrogens with one attached hydrogen (secondary N) is 1. The summed E-state index contributed by atoms with van der Waals surface area (Å²) in [6.07, 6.45) is 1.95. The third kappa shape index (κ3) is 4.39. The van der Waals surface area contributed by atoms with Gasteiger partial charge >= 0.3 is 0 Å². The van der Waals surface area contributed by atoms with Crippen molar-refractivity contribution in [1.29, 1.82) is 0 Å². The highest BCUT2D eigenvalue weighted by atomic mass is 35.5. The van der Waals surface area contributed by atoms with Gasteiger partial charge in [-0.1, -0.05) is 48.7 Å². The van der Waals surface area contributed by atoms with Crippen molar-refractivity contribution in [2.45, 2.75) is 19.8 Å². The zero-order valence-electron chi connectivity index (χ0n) is 12.2. The fraction of sp³-hybridized carbons (Fsp3) is 0.235. The minimum absolute atomic E-state index is 0.304. The van der Waals surface area contributed by atoms with Gasteiger partial charge in [0, 0.05) is 5.02 Å². The lowest BCUT2D eigenvalue weighted by molar-refractivity contribution is 0.102. The lowest BCUT2D eigenvalue weighted by Gasteiger charge is -2.12. The van der Waals surface area contributed by atoms with Crippen LogP contribution in [0.5, 0.6) is 5.75 Å². The third-order valence-corrected chi connectivity index (χ3v) is 3.63. The van der Waals surface area contributed by atoms with Gasteiger partial charge in [-0.3, -0.25) is 4.79 Å². The molecule has 0 saturated carbocycles. The van der Waals surface area contributed by atoms with E-state index in [0.717, 1.165) is 12.8 Å². The van der Waals surface area contributed by atoms with Crippen LogP contribution in [0.3, 0.4) is 0 Å². The van der Waals surface area contributed by atoms with Crippen LogP contribution in [0.25, 0.3) is 0 Å². The normalized spacial score (nSPS) is 10.3. The molecule has 0 radical (unpaired) electrons. The van der Waals surface area contributed by atoms with E-state index in [2.05, 4.69) is 12.2 Å². The first kappa shape index (κ1) is 16.7. The number of anilines is 1. The Morgan fingerprint density at radius 2 is 1.95 bits per heavy atom. The van der Waals surface area contributed by atoms with Crippen molar-refractivity contribution >= 4 is 34.8 Å². The van der Waals surface area contributed by atoms with Gasteiger partial charge in [0.2, 0.25) is 0 Å². The first-order valence-electron chi connectivity index (χ1n) is 7.10. The van der Waals surface area contributed by atoms with Crippen molar-refractivity contribution in [1.82, 2.24) is 0 Å². The van der Waals surface area contributed by atoms with Crippen LogP contribution >= 0.6 is 23.2 Å². The molecule has 0 saturated heterocycles. The standard InChI is InChI=1S/C17H17Cl2NO2/c1-2-3-10-22-16-9-8-12(18)11-13(16)17(21)20-15-7-5-4-6-14(15)19/h4-9,11H,2-3,10H2,1H3,(H,20,21). The second-order valence-electron chi connectivity index (χ2n) is 4.78. The van der Waals surface area contributed by atoms with Crippen LogP contribution in [0.2, 0.25) is 10.0 Å². The van der Waals surface area contributed by atoms with Crippen LogP contribution in [0.4, 0.5) is 5.69 Å². The Morgan fingerprint density at radius 1 is 1.18 bits per heavy atom. The molecule has 2 aromatic rings. The first-order valence-corrected chi connectivity index (χ1v) is 7.85. The smallest absolute Gasteiger partial charge is 0.259 e. The average molecular weight is 338 g/mol. The summed E-state index contributed by atoms with van der Waals surface area (Å²) in [5.41, 5.74) is 0.942. The zero-order chi connectivity index (χ0) is 15.9. The lowest BCUT2D eigenvalue weighted by Crippen LogP contribution is -2.14. The summed E-state index contributed by atoms with van der Waals surface area (Å²) in [5, 5.41) is 3.73. The van der Waals surface area contributed by atoms with Gasteiger partial charge < -0.3 is 10.1 Å². The molecule has 0 aromatic heterocycles. The van der Waals surface area contributed by atoms with Gasteiger partial charge in [0.15, 0.2) is 0 Å². The number of amides is 1. The summed E-state index contributed by atoms with van der Waals surface area (Å²) in [6.45, 7) is 2.64. The molecule has 0 aliphatic rings.